The van der Waals surface area contributed by atoms with Crippen LogP contribution in [0, 0.1) is 5.92 Å². The Morgan fingerprint density at radius 1 is 1.29 bits per heavy atom. The molecule has 0 unspecified atom stereocenters. The number of hydrogen-bond donors (Lipinski definition) is 1. The van der Waals surface area contributed by atoms with Crippen molar-refractivity contribution < 1.29 is 0 Å². The first-order valence-electron chi connectivity index (χ1n) is 2.82. The topological polar surface area (TPSA) is 26.0 Å². The minimum Gasteiger partial charge on any atom is -0.402 e. The van der Waals surface area contributed by atoms with Gasteiger partial charge in [0, 0.05) is 5.70 Å². The van der Waals surface area contributed by atoms with Gasteiger partial charge in [0.1, 0.15) is 0 Å². The second kappa shape index (κ2) is 0.857. The van der Waals surface area contributed by atoms with Crippen LogP contribution in [0.3, 0.4) is 0 Å². The molecule has 2 bridgehead atoms. The molecular weight excluding hydrogens is 86.1 g/mol. The summed E-state index contributed by atoms with van der Waals surface area (Å²) in [6, 6.07) is 0. The molecule has 0 saturated heterocycles. The van der Waals surface area contributed by atoms with E-state index in [9.17, 15) is 0 Å². The Labute approximate surface area is 43.2 Å². The normalized spacial score (nSPS) is 28.6. The molecule has 0 atom stereocenters. The Kier molecular flexibility index (Phi) is 0.432. The van der Waals surface area contributed by atoms with Gasteiger partial charge in [0.25, 0.3) is 0 Å². The molecular formula is C6H9N. The summed E-state index contributed by atoms with van der Waals surface area (Å²) in [4.78, 5) is 0. The molecule has 0 heterocycles. The zero-order valence-electron chi connectivity index (χ0n) is 4.28. The molecule has 0 aromatic heterocycles. The first-order valence-corrected chi connectivity index (χ1v) is 2.82. The smallest absolute Gasteiger partial charge is 0.00756 e. The van der Waals surface area contributed by atoms with Gasteiger partial charge in [-0.3, -0.25) is 0 Å². The molecule has 38 valence electrons. The molecule has 0 spiro atoms. The van der Waals surface area contributed by atoms with Gasteiger partial charge in [-0.15, -0.1) is 0 Å². The van der Waals surface area contributed by atoms with Crippen molar-refractivity contribution in [1.82, 2.24) is 0 Å². The van der Waals surface area contributed by atoms with Crippen molar-refractivity contribution in [2.24, 2.45) is 11.7 Å². The number of nitrogens with two attached hydrogens (primary N) is 1. The van der Waals surface area contributed by atoms with E-state index in [1.54, 1.807) is 5.57 Å². The third kappa shape index (κ3) is 0.287. The van der Waals surface area contributed by atoms with Crippen LogP contribution in [-0.2, 0) is 0 Å². The van der Waals surface area contributed by atoms with Crippen LogP contribution in [-0.4, -0.2) is 0 Å². The maximum absolute atomic E-state index is 5.60. The van der Waals surface area contributed by atoms with Crippen LogP contribution < -0.4 is 5.73 Å². The largest absolute Gasteiger partial charge is 0.402 e. The molecule has 1 fully saturated rings. The van der Waals surface area contributed by atoms with Crippen molar-refractivity contribution in [3.05, 3.63) is 11.3 Å². The van der Waals surface area contributed by atoms with E-state index in [1.165, 1.54) is 25.0 Å². The Balaban J connectivity index is 2.37. The van der Waals surface area contributed by atoms with E-state index >= 15 is 0 Å². The minimum absolute atomic E-state index is 0.968. The van der Waals surface area contributed by atoms with E-state index < -0.39 is 0 Å². The fraction of sp³-hybridized carbons (Fsp3) is 0.667. The summed E-state index contributed by atoms with van der Waals surface area (Å²) in [6.45, 7) is 0. The Bertz CT molecular complexity index is 127. The lowest BCUT2D eigenvalue weighted by molar-refractivity contribution is 0.473. The maximum Gasteiger partial charge on any atom is 0.00756 e. The highest BCUT2D eigenvalue weighted by Crippen LogP contribution is 2.45. The first-order chi connectivity index (χ1) is 3.36. The molecule has 0 aliphatic heterocycles. The van der Waals surface area contributed by atoms with Gasteiger partial charge in [0.2, 0.25) is 0 Å². The van der Waals surface area contributed by atoms with Gasteiger partial charge < -0.3 is 5.73 Å². The summed E-state index contributed by atoms with van der Waals surface area (Å²) < 4.78 is 0. The lowest BCUT2D eigenvalue weighted by atomic mass is 9.87. The van der Waals surface area contributed by atoms with E-state index in [0.717, 1.165) is 5.92 Å². The number of allylic oxidation sites excluding steroid dienone is 2. The van der Waals surface area contributed by atoms with Crippen LogP contribution in [0.1, 0.15) is 19.3 Å². The van der Waals surface area contributed by atoms with Gasteiger partial charge in [-0.25, -0.2) is 0 Å². The molecule has 1 nitrogen and oxygen atoms in total. The summed E-state index contributed by atoms with van der Waals surface area (Å²) in [7, 11) is 0. The quantitative estimate of drug-likeness (QED) is 0.477. The summed E-state index contributed by atoms with van der Waals surface area (Å²) >= 11 is 0. The van der Waals surface area contributed by atoms with Gasteiger partial charge in [-0.05, 0) is 25.2 Å². The molecule has 2 N–H and O–H groups in total. The SMILES string of the molecule is NC1=C2CC(C1)C2. The van der Waals surface area contributed by atoms with Crippen LogP contribution in [0.2, 0.25) is 0 Å². The number of hydrogen-bond acceptors (Lipinski definition) is 1. The molecule has 1 heteroatoms. The second-order valence-electron chi connectivity index (χ2n) is 2.61. The minimum atomic E-state index is 0.968. The molecule has 0 aromatic rings. The van der Waals surface area contributed by atoms with E-state index in [0.29, 0.717) is 0 Å². The van der Waals surface area contributed by atoms with Crippen LogP contribution in [0.5, 0.6) is 0 Å². The second-order valence-corrected chi connectivity index (χ2v) is 2.61. The van der Waals surface area contributed by atoms with Gasteiger partial charge in [0.15, 0.2) is 0 Å². The Morgan fingerprint density at radius 3 is 2.14 bits per heavy atom. The fourth-order valence-electron chi connectivity index (χ4n) is 1.50. The van der Waals surface area contributed by atoms with Gasteiger partial charge in [-0.2, -0.15) is 0 Å². The van der Waals surface area contributed by atoms with Gasteiger partial charge in [0.05, 0.1) is 0 Å². The van der Waals surface area contributed by atoms with Gasteiger partial charge in [-0.1, -0.05) is 5.57 Å². The highest BCUT2D eigenvalue weighted by molar-refractivity contribution is 5.27. The standard InChI is InChI=1S/C6H9N/c7-6-3-4-1-5(6)2-4/h4H,1-3,7H2. The molecule has 3 rings (SSSR count). The molecule has 0 amide bonds. The van der Waals surface area contributed by atoms with E-state index in [-0.39, 0.29) is 0 Å². The predicted molar refractivity (Wildman–Crippen MR) is 28.6 cm³/mol. The Morgan fingerprint density at radius 2 is 2.00 bits per heavy atom. The van der Waals surface area contributed by atoms with Crippen molar-refractivity contribution in [2.45, 2.75) is 19.3 Å². The fourth-order valence-corrected chi connectivity index (χ4v) is 1.50. The van der Waals surface area contributed by atoms with Crippen molar-refractivity contribution in [3.8, 4) is 0 Å². The number of fused-ring (bicyclic) bond motifs is 1. The van der Waals surface area contributed by atoms with Crippen LogP contribution in [0.15, 0.2) is 11.3 Å². The third-order valence-corrected chi connectivity index (χ3v) is 2.03. The van der Waals surface area contributed by atoms with Gasteiger partial charge >= 0.3 is 0 Å². The van der Waals surface area contributed by atoms with E-state index in [1.807, 2.05) is 0 Å². The average Bonchev–Trinajstić information content (AvgIpc) is 1.85. The van der Waals surface area contributed by atoms with E-state index in [2.05, 4.69) is 0 Å². The lowest BCUT2D eigenvalue weighted by Crippen LogP contribution is -2.04. The maximum atomic E-state index is 5.60. The van der Waals surface area contributed by atoms with Crippen molar-refractivity contribution in [3.63, 3.8) is 0 Å². The van der Waals surface area contributed by atoms with Crippen LogP contribution >= 0.6 is 0 Å². The van der Waals surface area contributed by atoms with Crippen molar-refractivity contribution in [1.29, 1.82) is 0 Å². The summed E-state index contributed by atoms with van der Waals surface area (Å²) in [6.07, 6.45) is 3.85. The zero-order chi connectivity index (χ0) is 4.85. The van der Waals surface area contributed by atoms with Crippen LogP contribution in [0.4, 0.5) is 0 Å². The summed E-state index contributed by atoms with van der Waals surface area (Å²) in [5, 5.41) is 0. The summed E-state index contributed by atoms with van der Waals surface area (Å²) in [5.41, 5.74) is 8.34. The number of rotatable bonds is 0. The first kappa shape index (κ1) is 3.53. The monoisotopic (exact) mass is 95.1 g/mol. The Hall–Kier alpha value is -0.460. The molecule has 0 radical (unpaired) electrons. The molecule has 1 saturated carbocycles. The average molecular weight is 95.1 g/mol. The van der Waals surface area contributed by atoms with Crippen molar-refractivity contribution in [2.75, 3.05) is 0 Å². The third-order valence-electron chi connectivity index (χ3n) is 2.03. The predicted octanol–water partition coefficient (Wildman–Crippen LogP) is 1.01. The highest BCUT2D eigenvalue weighted by atomic mass is 14.6. The van der Waals surface area contributed by atoms with Crippen LogP contribution in [0.25, 0.3) is 0 Å². The van der Waals surface area contributed by atoms with Crippen molar-refractivity contribution >= 4 is 0 Å². The molecule has 7 heavy (non-hydrogen) atoms. The molecule has 3 aliphatic rings. The zero-order valence-corrected chi connectivity index (χ0v) is 4.28. The molecule has 0 aromatic carbocycles. The van der Waals surface area contributed by atoms with E-state index in [4.69, 9.17) is 5.73 Å². The highest BCUT2D eigenvalue weighted by Gasteiger charge is 2.32. The lowest BCUT2D eigenvalue weighted by Gasteiger charge is -2.17. The molecule has 3 aliphatic carbocycles. The summed E-state index contributed by atoms with van der Waals surface area (Å²) in [5.74, 6) is 0.968.